The van der Waals surface area contributed by atoms with Gasteiger partial charge < -0.3 is 4.74 Å². The minimum atomic E-state index is -0.222. The first-order valence-electron chi connectivity index (χ1n) is 3.53. The Balaban J connectivity index is 3.30. The van der Waals surface area contributed by atoms with E-state index in [0.29, 0.717) is 17.2 Å². The van der Waals surface area contributed by atoms with Gasteiger partial charge in [0.05, 0.1) is 13.3 Å². The SMILES string of the molecule is CCn1ncc(OC)c(S)c1=O. The minimum absolute atomic E-state index is 0.222. The fourth-order valence-corrected chi connectivity index (χ4v) is 1.10. The lowest BCUT2D eigenvalue weighted by Crippen LogP contribution is -2.22. The van der Waals surface area contributed by atoms with E-state index < -0.39 is 0 Å². The first kappa shape index (κ1) is 9.12. The van der Waals surface area contributed by atoms with Gasteiger partial charge in [0.1, 0.15) is 4.90 Å². The van der Waals surface area contributed by atoms with Gasteiger partial charge in [-0.3, -0.25) is 4.79 Å². The van der Waals surface area contributed by atoms with Gasteiger partial charge in [0.25, 0.3) is 5.56 Å². The van der Waals surface area contributed by atoms with Gasteiger partial charge in [-0.05, 0) is 6.92 Å². The van der Waals surface area contributed by atoms with Crippen molar-refractivity contribution >= 4 is 12.6 Å². The summed E-state index contributed by atoms with van der Waals surface area (Å²) in [5.41, 5.74) is -0.222. The Morgan fingerprint density at radius 3 is 2.92 bits per heavy atom. The van der Waals surface area contributed by atoms with Crippen LogP contribution in [0.4, 0.5) is 0 Å². The zero-order valence-corrected chi connectivity index (χ0v) is 7.84. The van der Waals surface area contributed by atoms with Gasteiger partial charge in [-0.2, -0.15) is 5.10 Å². The lowest BCUT2D eigenvalue weighted by molar-refractivity contribution is 0.393. The summed E-state index contributed by atoms with van der Waals surface area (Å²) in [5, 5.41) is 3.86. The van der Waals surface area contributed by atoms with Gasteiger partial charge in [-0.1, -0.05) is 0 Å². The second-order valence-corrected chi connectivity index (χ2v) is 2.63. The van der Waals surface area contributed by atoms with E-state index in [-0.39, 0.29) is 5.56 Å². The number of nitrogens with zero attached hydrogens (tertiary/aromatic N) is 2. The molecule has 0 amide bonds. The van der Waals surface area contributed by atoms with Crippen LogP contribution in [0.5, 0.6) is 5.75 Å². The number of ether oxygens (including phenoxy) is 1. The standard InChI is InChI=1S/C7H10N2O2S/c1-3-9-7(10)6(12)5(11-2)4-8-9/h4,12H,3H2,1-2H3. The van der Waals surface area contributed by atoms with E-state index in [0.717, 1.165) is 0 Å². The van der Waals surface area contributed by atoms with E-state index in [1.807, 2.05) is 6.92 Å². The molecule has 0 unspecified atom stereocenters. The third-order valence-electron chi connectivity index (χ3n) is 1.50. The first-order chi connectivity index (χ1) is 5.70. The van der Waals surface area contributed by atoms with Crippen LogP contribution in [-0.2, 0) is 6.54 Å². The molecular formula is C7H10N2O2S. The molecule has 1 aromatic rings. The van der Waals surface area contributed by atoms with Gasteiger partial charge in [0.2, 0.25) is 0 Å². The summed E-state index contributed by atoms with van der Waals surface area (Å²) >= 11 is 4.02. The molecule has 0 spiro atoms. The Bertz CT molecular complexity index is 335. The summed E-state index contributed by atoms with van der Waals surface area (Å²) in [6, 6.07) is 0. The summed E-state index contributed by atoms with van der Waals surface area (Å²) in [6.45, 7) is 2.38. The average molecular weight is 186 g/mol. The third-order valence-corrected chi connectivity index (χ3v) is 1.92. The van der Waals surface area contributed by atoms with Crippen molar-refractivity contribution in [2.75, 3.05) is 7.11 Å². The van der Waals surface area contributed by atoms with Gasteiger partial charge in [-0.25, -0.2) is 4.68 Å². The van der Waals surface area contributed by atoms with Crippen LogP contribution in [0.2, 0.25) is 0 Å². The summed E-state index contributed by atoms with van der Waals surface area (Å²) < 4.78 is 6.20. The van der Waals surface area contributed by atoms with Crippen molar-refractivity contribution in [1.82, 2.24) is 9.78 Å². The molecule has 5 heteroatoms. The molecule has 0 aromatic carbocycles. The van der Waals surface area contributed by atoms with E-state index in [2.05, 4.69) is 17.7 Å². The second kappa shape index (κ2) is 3.62. The maximum atomic E-state index is 11.3. The van der Waals surface area contributed by atoms with Gasteiger partial charge >= 0.3 is 0 Å². The normalized spacial score (nSPS) is 9.92. The highest BCUT2D eigenvalue weighted by Gasteiger charge is 2.05. The largest absolute Gasteiger partial charge is 0.494 e. The molecule has 0 N–H and O–H groups in total. The first-order valence-corrected chi connectivity index (χ1v) is 3.98. The fourth-order valence-electron chi connectivity index (χ4n) is 0.838. The molecule has 0 radical (unpaired) electrons. The molecule has 1 aromatic heterocycles. The van der Waals surface area contributed by atoms with Crippen LogP contribution >= 0.6 is 12.6 Å². The quantitative estimate of drug-likeness (QED) is 0.686. The van der Waals surface area contributed by atoms with E-state index in [1.165, 1.54) is 18.0 Å². The van der Waals surface area contributed by atoms with Crippen LogP contribution in [0.1, 0.15) is 6.92 Å². The van der Waals surface area contributed by atoms with Crippen LogP contribution in [0.25, 0.3) is 0 Å². The molecule has 1 heterocycles. The molecule has 12 heavy (non-hydrogen) atoms. The number of methoxy groups -OCH3 is 1. The molecule has 0 atom stereocenters. The molecule has 0 fully saturated rings. The highest BCUT2D eigenvalue weighted by Crippen LogP contribution is 2.14. The second-order valence-electron chi connectivity index (χ2n) is 2.18. The van der Waals surface area contributed by atoms with Crippen molar-refractivity contribution in [1.29, 1.82) is 0 Å². The predicted octanol–water partition coefficient (Wildman–Crippen LogP) is 0.560. The van der Waals surface area contributed by atoms with Crippen LogP contribution in [0.3, 0.4) is 0 Å². The highest BCUT2D eigenvalue weighted by molar-refractivity contribution is 7.80. The topological polar surface area (TPSA) is 44.1 Å². The van der Waals surface area contributed by atoms with E-state index >= 15 is 0 Å². The van der Waals surface area contributed by atoms with Crippen molar-refractivity contribution in [3.63, 3.8) is 0 Å². The van der Waals surface area contributed by atoms with Crippen molar-refractivity contribution in [3.05, 3.63) is 16.6 Å². The van der Waals surface area contributed by atoms with Crippen molar-refractivity contribution in [2.24, 2.45) is 0 Å². The Hall–Kier alpha value is -0.970. The summed E-state index contributed by atoms with van der Waals surface area (Å²) in [6.07, 6.45) is 1.48. The molecule has 0 saturated carbocycles. The number of aryl methyl sites for hydroxylation is 1. The number of aromatic nitrogens is 2. The summed E-state index contributed by atoms with van der Waals surface area (Å²) in [7, 11) is 1.48. The maximum absolute atomic E-state index is 11.3. The smallest absolute Gasteiger partial charge is 0.283 e. The Morgan fingerprint density at radius 1 is 1.75 bits per heavy atom. The fraction of sp³-hybridized carbons (Fsp3) is 0.429. The van der Waals surface area contributed by atoms with Crippen LogP contribution in [0, 0.1) is 0 Å². The molecule has 0 aliphatic heterocycles. The van der Waals surface area contributed by atoms with E-state index in [1.54, 1.807) is 0 Å². The van der Waals surface area contributed by atoms with Crippen LogP contribution in [-0.4, -0.2) is 16.9 Å². The van der Waals surface area contributed by atoms with Crippen LogP contribution < -0.4 is 10.3 Å². The molecule has 1 rings (SSSR count). The Morgan fingerprint density at radius 2 is 2.42 bits per heavy atom. The van der Waals surface area contributed by atoms with Gasteiger partial charge in [0, 0.05) is 6.54 Å². The molecule has 0 bridgehead atoms. The van der Waals surface area contributed by atoms with Crippen molar-refractivity contribution in [3.8, 4) is 5.75 Å². The lowest BCUT2D eigenvalue weighted by atomic mass is 10.5. The Labute approximate surface area is 75.6 Å². The molecule has 0 aliphatic carbocycles. The summed E-state index contributed by atoms with van der Waals surface area (Å²) in [5.74, 6) is 0.410. The molecule has 0 saturated heterocycles. The number of rotatable bonds is 2. The number of hydrogen-bond acceptors (Lipinski definition) is 4. The van der Waals surface area contributed by atoms with E-state index in [9.17, 15) is 4.79 Å². The van der Waals surface area contributed by atoms with Crippen molar-refractivity contribution < 1.29 is 4.74 Å². The number of hydrogen-bond donors (Lipinski definition) is 1. The van der Waals surface area contributed by atoms with Crippen LogP contribution in [0.15, 0.2) is 15.9 Å². The predicted molar refractivity (Wildman–Crippen MR) is 48.0 cm³/mol. The maximum Gasteiger partial charge on any atom is 0.283 e. The summed E-state index contributed by atoms with van der Waals surface area (Å²) in [4.78, 5) is 11.6. The molecular weight excluding hydrogens is 176 g/mol. The Kier molecular flexibility index (Phi) is 2.75. The molecule has 4 nitrogen and oxygen atoms in total. The van der Waals surface area contributed by atoms with Gasteiger partial charge in [0.15, 0.2) is 5.75 Å². The third kappa shape index (κ3) is 1.45. The zero-order chi connectivity index (χ0) is 9.14. The molecule has 0 aliphatic rings. The molecule has 66 valence electrons. The zero-order valence-electron chi connectivity index (χ0n) is 6.94. The van der Waals surface area contributed by atoms with Gasteiger partial charge in [-0.15, -0.1) is 12.6 Å². The lowest BCUT2D eigenvalue weighted by Gasteiger charge is -2.04. The highest BCUT2D eigenvalue weighted by atomic mass is 32.1. The average Bonchev–Trinajstić information content (AvgIpc) is 2.10. The monoisotopic (exact) mass is 186 g/mol. The van der Waals surface area contributed by atoms with E-state index in [4.69, 9.17) is 4.74 Å². The minimum Gasteiger partial charge on any atom is -0.494 e. The van der Waals surface area contributed by atoms with Crippen molar-refractivity contribution in [2.45, 2.75) is 18.4 Å². The number of thiol groups is 1.